The average molecular weight is 1070 g/mol. The van der Waals surface area contributed by atoms with Gasteiger partial charge in [-0.1, -0.05) is 133 Å². The molecule has 77 heavy (non-hydrogen) atoms. The Bertz CT molecular complexity index is 2680. The van der Waals surface area contributed by atoms with E-state index < -0.39 is 145 Å². The minimum absolute atomic E-state index is 0.0738. The fraction of sp³-hybridized carbons (Fsp3) is 0.455. The summed E-state index contributed by atoms with van der Waals surface area (Å²) in [6.45, 7) is 10.1. The van der Waals surface area contributed by atoms with Crippen LogP contribution in [0.25, 0.3) is 10.9 Å². The van der Waals surface area contributed by atoms with Crippen molar-refractivity contribution in [3.8, 4) is 0 Å². The fourth-order valence-electron chi connectivity index (χ4n) is 8.42. The maximum absolute atomic E-state index is 14.5. The Hall–Kier alpha value is -8.14. The number of aliphatic carboxylic acids is 3. The van der Waals surface area contributed by atoms with Gasteiger partial charge in [-0.2, -0.15) is 0 Å². The number of amides is 7. The lowest BCUT2D eigenvalue weighted by molar-refractivity contribution is -0.143. The highest BCUT2D eigenvalue weighted by Crippen LogP contribution is 2.20. The zero-order chi connectivity index (χ0) is 56.9. The van der Waals surface area contributed by atoms with Crippen LogP contribution in [0.3, 0.4) is 0 Å². The van der Waals surface area contributed by atoms with E-state index in [2.05, 4.69) is 42.2 Å². The molecule has 0 radical (unpaired) electrons. The van der Waals surface area contributed by atoms with Crippen molar-refractivity contribution in [2.24, 2.45) is 23.5 Å². The lowest BCUT2D eigenvalue weighted by Crippen LogP contribution is -2.62. The Morgan fingerprint density at radius 1 is 0.494 bits per heavy atom. The number of nitrogens with two attached hydrogens (primary N) is 1. The maximum atomic E-state index is 14.5. The Labute approximate surface area is 446 Å². The van der Waals surface area contributed by atoms with Crippen molar-refractivity contribution < 1.29 is 63.3 Å². The number of H-pyrrole nitrogens is 1. The summed E-state index contributed by atoms with van der Waals surface area (Å²) in [7, 11) is 0. The molecule has 0 aliphatic rings. The van der Waals surface area contributed by atoms with Gasteiger partial charge in [-0.25, -0.2) is 4.79 Å². The summed E-state index contributed by atoms with van der Waals surface area (Å²) in [6, 6.07) is 13.1. The van der Waals surface area contributed by atoms with E-state index in [1.807, 2.05) is 18.2 Å². The first-order chi connectivity index (χ1) is 36.5. The van der Waals surface area contributed by atoms with Crippen molar-refractivity contribution in [2.45, 2.75) is 141 Å². The molecule has 0 fully saturated rings. The Morgan fingerprint density at radius 3 is 1.40 bits per heavy atom. The normalized spacial score (nSPS) is 15.1. The highest BCUT2D eigenvalue weighted by atomic mass is 16.4. The first-order valence-corrected chi connectivity index (χ1v) is 25.7. The number of hydrogen-bond donors (Lipinski definition) is 12. The SMILES string of the molecule is CC[C@H](C)[C@H](NC(=O)[C@@H](NC(=O)[C@H](CCC(=O)O)NC(=O)[C@H](Cc1ccccc1)NC(=O)[C@H](Cc1ccccc1)NC(=O)[C@@H](NC(=O)[C@@H](N)CC(=O)O)[C@@H](C)CC)C(C)C)C(=O)N[C@@H](Cc1c[nH]c2ccccc12)C(=O)O. The van der Waals surface area contributed by atoms with E-state index in [1.54, 1.807) is 114 Å². The first kappa shape index (κ1) is 61.4. The van der Waals surface area contributed by atoms with E-state index in [-0.39, 0.29) is 19.3 Å². The highest BCUT2D eigenvalue weighted by Gasteiger charge is 2.37. The van der Waals surface area contributed by atoms with Gasteiger partial charge in [0, 0.05) is 42.8 Å². The van der Waals surface area contributed by atoms with Gasteiger partial charge < -0.3 is 63.3 Å². The molecule has 7 amide bonds. The second-order valence-corrected chi connectivity index (χ2v) is 19.6. The summed E-state index contributed by atoms with van der Waals surface area (Å²) in [5, 5.41) is 48.2. The van der Waals surface area contributed by atoms with Crippen LogP contribution in [-0.4, -0.2) is 128 Å². The predicted molar refractivity (Wildman–Crippen MR) is 284 cm³/mol. The standard InChI is InChI=1S/C55H73N9O13/c1-7-31(5)46(63-48(69)37(56)28-44(67)68)53(74)60-41(26-34-19-13-10-14-20-34)51(72)59-40(25-33-17-11-9-12-18-33)50(71)58-39(23-24-43(65)66)49(70)62-45(30(3)4)52(73)64-47(32(6)8-2)54(75)61-42(55(76)77)27-35-29-57-38-22-16-15-21-36(35)38/h9-22,29-32,37,39-42,45-47,57H,7-8,23-28,56H2,1-6H3,(H,58,71)(H,59,72)(H,60,74)(H,61,75)(H,62,70)(H,63,69)(H,64,73)(H,65,66)(H,67,68)(H,76,77)/t31-,32-,37-,39-,40-,41-,42-,45-,46-,47-/m0/s1. The number of fused-ring (bicyclic) bond motifs is 1. The van der Waals surface area contributed by atoms with Gasteiger partial charge in [-0.05, 0) is 46.9 Å². The third-order valence-corrected chi connectivity index (χ3v) is 13.4. The van der Waals surface area contributed by atoms with Gasteiger partial charge in [-0.3, -0.25) is 43.2 Å². The number of carbonyl (C=O) groups excluding carboxylic acids is 7. The van der Waals surface area contributed by atoms with E-state index in [4.69, 9.17) is 5.73 Å². The number of carboxylic acids is 3. The van der Waals surface area contributed by atoms with E-state index in [9.17, 15) is 63.3 Å². The molecule has 13 N–H and O–H groups in total. The minimum Gasteiger partial charge on any atom is -0.481 e. The molecule has 3 aromatic carbocycles. The molecule has 0 saturated heterocycles. The fourth-order valence-corrected chi connectivity index (χ4v) is 8.42. The molecule has 22 nitrogen and oxygen atoms in total. The maximum Gasteiger partial charge on any atom is 0.326 e. The molecule has 0 spiro atoms. The lowest BCUT2D eigenvalue weighted by Gasteiger charge is -2.30. The minimum atomic E-state index is -1.61. The molecule has 4 rings (SSSR count). The molecule has 0 aliphatic carbocycles. The summed E-state index contributed by atoms with van der Waals surface area (Å²) in [5.41, 5.74) is 8.39. The van der Waals surface area contributed by atoms with Gasteiger partial charge in [0.1, 0.15) is 42.3 Å². The van der Waals surface area contributed by atoms with Crippen LogP contribution >= 0.6 is 0 Å². The summed E-state index contributed by atoms with van der Waals surface area (Å²) in [4.78, 5) is 137. The van der Waals surface area contributed by atoms with Crippen molar-refractivity contribution in [1.29, 1.82) is 0 Å². The molecule has 0 saturated carbocycles. The number of nitrogens with one attached hydrogen (secondary N) is 8. The number of aromatic amines is 1. The molecule has 4 aromatic rings. The van der Waals surface area contributed by atoms with Crippen molar-refractivity contribution in [3.05, 3.63) is 108 Å². The third-order valence-electron chi connectivity index (χ3n) is 13.4. The van der Waals surface area contributed by atoms with Crippen LogP contribution < -0.4 is 43.0 Å². The number of rotatable bonds is 31. The number of para-hydroxylation sites is 1. The van der Waals surface area contributed by atoms with Crippen LogP contribution in [-0.2, 0) is 67.2 Å². The van der Waals surface area contributed by atoms with Gasteiger partial charge >= 0.3 is 17.9 Å². The molecule has 0 bridgehead atoms. The van der Waals surface area contributed by atoms with Crippen LogP contribution in [0.5, 0.6) is 0 Å². The molecule has 22 heteroatoms. The van der Waals surface area contributed by atoms with Crippen LogP contribution in [0, 0.1) is 17.8 Å². The number of carboxylic acid groups (broad SMARTS) is 3. The van der Waals surface area contributed by atoms with E-state index in [0.29, 0.717) is 29.5 Å². The summed E-state index contributed by atoms with van der Waals surface area (Å²) in [6.07, 6.45) is 0.278. The number of benzene rings is 3. The Balaban J connectivity index is 1.60. The third kappa shape index (κ3) is 18.9. The molecular weight excluding hydrogens is 995 g/mol. The Morgan fingerprint density at radius 2 is 0.922 bits per heavy atom. The molecule has 10 atom stereocenters. The van der Waals surface area contributed by atoms with Gasteiger partial charge in [-0.15, -0.1) is 0 Å². The molecule has 416 valence electrons. The average Bonchev–Trinajstić information content (AvgIpc) is 3.81. The second kappa shape index (κ2) is 29.8. The van der Waals surface area contributed by atoms with Gasteiger partial charge in [0.2, 0.25) is 41.4 Å². The molecule has 1 heterocycles. The van der Waals surface area contributed by atoms with Crippen molar-refractivity contribution in [1.82, 2.24) is 42.2 Å². The van der Waals surface area contributed by atoms with Gasteiger partial charge in [0.05, 0.1) is 12.5 Å². The van der Waals surface area contributed by atoms with Gasteiger partial charge in [0.15, 0.2) is 0 Å². The van der Waals surface area contributed by atoms with Crippen molar-refractivity contribution in [3.63, 3.8) is 0 Å². The smallest absolute Gasteiger partial charge is 0.326 e. The lowest BCUT2D eigenvalue weighted by atomic mass is 9.95. The molecule has 1 aromatic heterocycles. The molecule has 0 unspecified atom stereocenters. The second-order valence-electron chi connectivity index (χ2n) is 19.6. The summed E-state index contributed by atoms with van der Waals surface area (Å²) >= 11 is 0. The number of hydrogen-bond acceptors (Lipinski definition) is 11. The van der Waals surface area contributed by atoms with E-state index >= 15 is 0 Å². The van der Waals surface area contributed by atoms with Gasteiger partial charge in [0.25, 0.3) is 0 Å². The Kier molecular flexibility index (Phi) is 23.8. The molecule has 0 aliphatic heterocycles. The van der Waals surface area contributed by atoms with Crippen LogP contribution in [0.4, 0.5) is 0 Å². The van der Waals surface area contributed by atoms with Crippen LogP contribution in [0.15, 0.2) is 91.1 Å². The largest absolute Gasteiger partial charge is 0.481 e. The van der Waals surface area contributed by atoms with E-state index in [0.717, 1.165) is 10.9 Å². The monoisotopic (exact) mass is 1070 g/mol. The summed E-state index contributed by atoms with van der Waals surface area (Å²) in [5.74, 6) is -11.7. The molecular formula is C55H73N9O13. The quantitative estimate of drug-likeness (QED) is 0.0344. The van der Waals surface area contributed by atoms with Crippen LogP contribution in [0.1, 0.15) is 90.3 Å². The topological polar surface area (TPSA) is 357 Å². The van der Waals surface area contributed by atoms with Crippen LogP contribution in [0.2, 0.25) is 0 Å². The number of aromatic nitrogens is 1. The van der Waals surface area contributed by atoms with Crippen molar-refractivity contribution >= 4 is 70.2 Å². The predicted octanol–water partition coefficient (Wildman–Crippen LogP) is 2.09. The van der Waals surface area contributed by atoms with Crippen molar-refractivity contribution in [2.75, 3.05) is 0 Å². The zero-order valence-electron chi connectivity index (χ0n) is 44.2. The summed E-state index contributed by atoms with van der Waals surface area (Å²) < 4.78 is 0. The van der Waals surface area contributed by atoms with E-state index in [1.165, 1.54) is 0 Å². The first-order valence-electron chi connectivity index (χ1n) is 25.7. The number of carbonyl (C=O) groups is 10. The highest BCUT2D eigenvalue weighted by molar-refractivity contribution is 5.98. The zero-order valence-corrected chi connectivity index (χ0v) is 44.2.